The fourth-order valence-corrected chi connectivity index (χ4v) is 3.60. The Labute approximate surface area is 112 Å². The van der Waals surface area contributed by atoms with E-state index in [9.17, 15) is 8.42 Å². The van der Waals surface area contributed by atoms with Gasteiger partial charge in [-0.1, -0.05) is 6.92 Å². The minimum atomic E-state index is -3.56. The number of aliphatic hydroxyl groups is 1. The van der Waals surface area contributed by atoms with E-state index in [0.29, 0.717) is 12.3 Å². The topological polar surface area (TPSA) is 79.5 Å². The Kier molecular flexibility index (Phi) is 5.71. The Morgan fingerprint density at radius 3 is 2.72 bits per heavy atom. The number of hydrogen-bond donors (Lipinski definition) is 2. The lowest BCUT2D eigenvalue weighted by atomic mass is 10.2. The molecule has 18 heavy (non-hydrogen) atoms. The monoisotopic (exact) mass is 293 g/mol. The van der Waals surface area contributed by atoms with Gasteiger partial charge in [-0.15, -0.1) is 0 Å². The third kappa shape index (κ3) is 4.01. The Balaban J connectivity index is 2.76. The molecule has 1 aromatic rings. The Morgan fingerprint density at radius 1 is 1.56 bits per heavy atom. The molecule has 0 bridgehead atoms. The lowest BCUT2D eigenvalue weighted by Crippen LogP contribution is -2.29. The van der Waals surface area contributed by atoms with Crippen molar-refractivity contribution in [3.8, 4) is 0 Å². The van der Waals surface area contributed by atoms with E-state index in [4.69, 9.17) is 9.52 Å². The third-order valence-electron chi connectivity index (χ3n) is 2.44. The average molecular weight is 293 g/mol. The zero-order chi connectivity index (χ0) is 13.8. The van der Waals surface area contributed by atoms with Crippen LogP contribution in [0, 0.1) is 12.8 Å². The van der Waals surface area contributed by atoms with E-state index in [1.807, 2.05) is 13.2 Å². The molecule has 0 saturated heterocycles. The second-order valence-electron chi connectivity index (χ2n) is 4.20. The van der Waals surface area contributed by atoms with Crippen LogP contribution in [-0.4, -0.2) is 32.1 Å². The standard InChI is InChI=1S/C11H19NO4S2/c1-8(7-17-3)5-12-18(14,15)11-4-10(6-13)16-9(11)2/h4,8,12-13H,5-7H2,1-3H3. The first-order valence-electron chi connectivity index (χ1n) is 5.59. The van der Waals surface area contributed by atoms with E-state index >= 15 is 0 Å². The van der Waals surface area contributed by atoms with Gasteiger partial charge in [0.05, 0.1) is 0 Å². The number of furan rings is 1. The van der Waals surface area contributed by atoms with Gasteiger partial charge in [-0.25, -0.2) is 13.1 Å². The summed E-state index contributed by atoms with van der Waals surface area (Å²) in [6, 6.07) is 1.36. The molecule has 0 fully saturated rings. The summed E-state index contributed by atoms with van der Waals surface area (Å²) in [6.07, 6.45) is 1.98. The lowest BCUT2D eigenvalue weighted by Gasteiger charge is -2.11. The third-order valence-corrected chi connectivity index (χ3v) is 4.88. The normalized spacial score (nSPS) is 13.8. The van der Waals surface area contributed by atoms with Crippen LogP contribution < -0.4 is 4.72 Å². The first-order valence-corrected chi connectivity index (χ1v) is 8.47. The number of aryl methyl sites for hydroxylation is 1. The van der Waals surface area contributed by atoms with Gasteiger partial charge in [0, 0.05) is 12.6 Å². The lowest BCUT2D eigenvalue weighted by molar-refractivity contribution is 0.244. The molecule has 7 heteroatoms. The number of aliphatic hydroxyl groups excluding tert-OH is 1. The van der Waals surface area contributed by atoms with Gasteiger partial charge in [0.2, 0.25) is 10.0 Å². The summed E-state index contributed by atoms with van der Waals surface area (Å²) in [5.41, 5.74) is 0. The summed E-state index contributed by atoms with van der Waals surface area (Å²) >= 11 is 1.68. The van der Waals surface area contributed by atoms with Crippen molar-refractivity contribution in [2.45, 2.75) is 25.3 Å². The number of hydrogen-bond acceptors (Lipinski definition) is 5. The smallest absolute Gasteiger partial charge is 0.244 e. The van der Waals surface area contributed by atoms with Crippen LogP contribution in [0.5, 0.6) is 0 Å². The molecule has 0 aromatic carbocycles. The van der Waals surface area contributed by atoms with Gasteiger partial charge < -0.3 is 9.52 Å². The minimum Gasteiger partial charge on any atom is -0.462 e. The summed E-state index contributed by atoms with van der Waals surface area (Å²) in [5, 5.41) is 8.92. The molecule has 1 rings (SSSR count). The maximum Gasteiger partial charge on any atom is 0.244 e. The molecule has 0 aliphatic heterocycles. The molecular formula is C11H19NO4S2. The van der Waals surface area contributed by atoms with E-state index < -0.39 is 10.0 Å². The van der Waals surface area contributed by atoms with Crippen molar-refractivity contribution in [1.29, 1.82) is 0 Å². The zero-order valence-corrected chi connectivity index (χ0v) is 12.4. The Hall–Kier alpha value is -0.500. The van der Waals surface area contributed by atoms with Crippen LogP contribution in [0.3, 0.4) is 0 Å². The Morgan fingerprint density at radius 2 is 2.22 bits per heavy atom. The highest BCUT2D eigenvalue weighted by atomic mass is 32.2. The van der Waals surface area contributed by atoms with Gasteiger partial charge in [0.25, 0.3) is 0 Å². The van der Waals surface area contributed by atoms with Crippen molar-refractivity contribution in [1.82, 2.24) is 4.72 Å². The maximum atomic E-state index is 12.0. The molecule has 5 nitrogen and oxygen atoms in total. The predicted molar refractivity (Wildman–Crippen MR) is 72.1 cm³/mol. The number of rotatable bonds is 7. The quantitative estimate of drug-likeness (QED) is 0.793. The first kappa shape index (κ1) is 15.6. The van der Waals surface area contributed by atoms with Crippen molar-refractivity contribution in [2.24, 2.45) is 5.92 Å². The fourth-order valence-electron chi connectivity index (χ4n) is 1.54. The summed E-state index contributed by atoms with van der Waals surface area (Å²) in [5.74, 6) is 1.71. The predicted octanol–water partition coefficient (Wildman–Crippen LogP) is 1.36. The van der Waals surface area contributed by atoms with Gasteiger partial charge in [-0.2, -0.15) is 11.8 Å². The van der Waals surface area contributed by atoms with Gasteiger partial charge >= 0.3 is 0 Å². The van der Waals surface area contributed by atoms with E-state index in [1.54, 1.807) is 18.7 Å². The molecule has 1 aromatic heterocycles. The minimum absolute atomic E-state index is 0.0999. The molecule has 0 aliphatic rings. The van der Waals surface area contributed by atoms with E-state index in [2.05, 4.69) is 4.72 Å². The summed E-state index contributed by atoms with van der Waals surface area (Å²) in [7, 11) is -3.56. The Bertz CT molecular complexity index is 481. The fraction of sp³-hybridized carbons (Fsp3) is 0.636. The first-order chi connectivity index (χ1) is 8.40. The number of nitrogens with one attached hydrogen (secondary N) is 1. The SMILES string of the molecule is CSCC(C)CNS(=O)(=O)c1cc(CO)oc1C. The largest absolute Gasteiger partial charge is 0.462 e. The van der Waals surface area contributed by atoms with Gasteiger partial charge in [0.1, 0.15) is 23.0 Å². The highest BCUT2D eigenvalue weighted by Gasteiger charge is 2.21. The molecule has 1 heterocycles. The van der Waals surface area contributed by atoms with E-state index in [1.165, 1.54) is 6.07 Å². The van der Waals surface area contributed by atoms with Gasteiger partial charge in [0.15, 0.2) is 0 Å². The summed E-state index contributed by atoms with van der Waals surface area (Å²) in [6.45, 7) is 3.64. The van der Waals surface area contributed by atoms with Crippen LogP contribution in [0.1, 0.15) is 18.4 Å². The molecule has 0 radical (unpaired) electrons. The highest BCUT2D eigenvalue weighted by molar-refractivity contribution is 7.98. The van der Waals surface area contributed by atoms with Crippen molar-refractivity contribution < 1.29 is 17.9 Å². The number of thioether (sulfide) groups is 1. The second-order valence-corrected chi connectivity index (χ2v) is 6.85. The summed E-state index contributed by atoms with van der Waals surface area (Å²) < 4.78 is 31.7. The number of sulfonamides is 1. The van der Waals surface area contributed by atoms with Crippen LogP contribution in [-0.2, 0) is 16.6 Å². The van der Waals surface area contributed by atoms with Crippen molar-refractivity contribution in [3.05, 3.63) is 17.6 Å². The molecule has 1 unspecified atom stereocenters. The van der Waals surface area contributed by atoms with Gasteiger partial charge in [-0.05, 0) is 24.9 Å². The van der Waals surface area contributed by atoms with E-state index in [-0.39, 0.29) is 23.2 Å². The zero-order valence-electron chi connectivity index (χ0n) is 10.8. The molecular weight excluding hydrogens is 274 g/mol. The van der Waals surface area contributed by atoms with Crippen LogP contribution in [0.2, 0.25) is 0 Å². The van der Waals surface area contributed by atoms with Gasteiger partial charge in [-0.3, -0.25) is 0 Å². The maximum absolute atomic E-state index is 12.0. The molecule has 0 aliphatic carbocycles. The second kappa shape index (κ2) is 6.60. The van der Waals surface area contributed by atoms with Crippen LogP contribution in [0.25, 0.3) is 0 Å². The van der Waals surface area contributed by atoms with Crippen molar-refractivity contribution in [3.63, 3.8) is 0 Å². The summed E-state index contributed by atoms with van der Waals surface area (Å²) in [4.78, 5) is 0.0999. The van der Waals surface area contributed by atoms with Crippen molar-refractivity contribution in [2.75, 3.05) is 18.6 Å². The van der Waals surface area contributed by atoms with Crippen LogP contribution in [0.4, 0.5) is 0 Å². The molecule has 104 valence electrons. The van der Waals surface area contributed by atoms with Crippen LogP contribution >= 0.6 is 11.8 Å². The van der Waals surface area contributed by atoms with Crippen molar-refractivity contribution >= 4 is 21.8 Å². The molecule has 0 amide bonds. The average Bonchev–Trinajstić information content (AvgIpc) is 2.69. The molecule has 1 atom stereocenters. The molecule has 2 N–H and O–H groups in total. The molecule has 0 saturated carbocycles. The van der Waals surface area contributed by atoms with Crippen LogP contribution in [0.15, 0.2) is 15.4 Å². The molecule has 0 spiro atoms. The highest BCUT2D eigenvalue weighted by Crippen LogP contribution is 2.20. The van der Waals surface area contributed by atoms with E-state index in [0.717, 1.165) is 5.75 Å².